The van der Waals surface area contributed by atoms with Crippen molar-refractivity contribution in [3.8, 4) is 0 Å². The highest BCUT2D eigenvalue weighted by molar-refractivity contribution is 6.37. The number of anilines is 1. The number of carbonyl (C=O) groups is 1. The van der Waals surface area contributed by atoms with E-state index in [9.17, 15) is 13.6 Å². The van der Waals surface area contributed by atoms with Crippen molar-refractivity contribution in [2.45, 2.75) is 0 Å². The Balaban J connectivity index is 2.31. The van der Waals surface area contributed by atoms with Crippen LogP contribution in [0.5, 0.6) is 0 Å². The number of nitrogens with one attached hydrogen (secondary N) is 1. The lowest BCUT2D eigenvalue weighted by atomic mass is 10.2. The molecule has 0 bridgehead atoms. The van der Waals surface area contributed by atoms with E-state index in [4.69, 9.17) is 23.2 Å². The van der Waals surface area contributed by atoms with Crippen LogP contribution in [0, 0.1) is 11.6 Å². The maximum atomic E-state index is 13.4. The average molecular weight is 302 g/mol. The monoisotopic (exact) mass is 301 g/mol. The number of amides is 1. The first kappa shape index (κ1) is 13.8. The molecule has 2 nitrogen and oxygen atoms in total. The Labute approximate surface area is 118 Å². The van der Waals surface area contributed by atoms with Gasteiger partial charge in [0.05, 0.1) is 10.6 Å². The van der Waals surface area contributed by atoms with Crippen LogP contribution in [0.2, 0.25) is 10.0 Å². The molecular formula is C13H7Cl2F2NO. The molecule has 2 rings (SSSR count). The molecule has 19 heavy (non-hydrogen) atoms. The fourth-order valence-electron chi connectivity index (χ4n) is 1.47. The largest absolute Gasteiger partial charge is 0.317 e. The average Bonchev–Trinajstić information content (AvgIpc) is 2.33. The van der Waals surface area contributed by atoms with Gasteiger partial charge in [0.1, 0.15) is 17.3 Å². The first-order chi connectivity index (χ1) is 8.99. The minimum absolute atomic E-state index is 0.0775. The normalized spacial score (nSPS) is 10.3. The first-order valence-electron chi connectivity index (χ1n) is 5.19. The van der Waals surface area contributed by atoms with Crippen molar-refractivity contribution >= 4 is 34.8 Å². The van der Waals surface area contributed by atoms with Crippen LogP contribution in [0.3, 0.4) is 0 Å². The van der Waals surface area contributed by atoms with E-state index in [1.54, 1.807) is 0 Å². The summed E-state index contributed by atoms with van der Waals surface area (Å²) < 4.78 is 26.8. The Hall–Kier alpha value is -1.65. The predicted molar refractivity (Wildman–Crippen MR) is 70.8 cm³/mol. The van der Waals surface area contributed by atoms with Crippen molar-refractivity contribution in [1.29, 1.82) is 0 Å². The molecule has 0 spiro atoms. The molecular weight excluding hydrogens is 295 g/mol. The number of para-hydroxylation sites is 1. The van der Waals surface area contributed by atoms with Gasteiger partial charge < -0.3 is 5.32 Å². The lowest BCUT2D eigenvalue weighted by molar-refractivity contribution is 0.102. The topological polar surface area (TPSA) is 29.1 Å². The fourth-order valence-corrected chi connectivity index (χ4v) is 1.97. The summed E-state index contributed by atoms with van der Waals surface area (Å²) in [5.41, 5.74) is -0.438. The zero-order chi connectivity index (χ0) is 14.0. The van der Waals surface area contributed by atoms with Crippen LogP contribution in [0.15, 0.2) is 36.4 Å². The maximum Gasteiger partial charge on any atom is 0.257 e. The molecule has 0 aliphatic heterocycles. The molecule has 0 radical (unpaired) electrons. The molecule has 0 aromatic heterocycles. The van der Waals surface area contributed by atoms with Gasteiger partial charge in [-0.05, 0) is 30.3 Å². The maximum absolute atomic E-state index is 13.4. The smallest absolute Gasteiger partial charge is 0.257 e. The van der Waals surface area contributed by atoms with Gasteiger partial charge in [-0.2, -0.15) is 0 Å². The van der Waals surface area contributed by atoms with Gasteiger partial charge in [-0.3, -0.25) is 4.79 Å². The summed E-state index contributed by atoms with van der Waals surface area (Å²) in [4.78, 5) is 11.9. The third-order valence-corrected chi connectivity index (χ3v) is 2.92. The van der Waals surface area contributed by atoms with Crippen molar-refractivity contribution < 1.29 is 13.6 Å². The number of benzene rings is 2. The molecule has 1 amide bonds. The van der Waals surface area contributed by atoms with Crippen molar-refractivity contribution in [3.05, 3.63) is 63.6 Å². The van der Waals surface area contributed by atoms with Gasteiger partial charge in [-0.15, -0.1) is 0 Å². The van der Waals surface area contributed by atoms with Gasteiger partial charge in [-0.1, -0.05) is 29.3 Å². The Bertz CT molecular complexity index is 626. The van der Waals surface area contributed by atoms with Crippen molar-refractivity contribution in [2.24, 2.45) is 0 Å². The minimum Gasteiger partial charge on any atom is -0.317 e. The van der Waals surface area contributed by atoms with Crippen LogP contribution in [-0.2, 0) is 0 Å². The third kappa shape index (κ3) is 3.03. The van der Waals surface area contributed by atoms with E-state index in [2.05, 4.69) is 5.32 Å². The van der Waals surface area contributed by atoms with Gasteiger partial charge in [0, 0.05) is 5.02 Å². The summed E-state index contributed by atoms with van der Waals surface area (Å²) in [6.45, 7) is 0. The molecule has 0 aliphatic rings. The van der Waals surface area contributed by atoms with Crippen molar-refractivity contribution in [1.82, 2.24) is 0 Å². The molecule has 1 N–H and O–H groups in total. The van der Waals surface area contributed by atoms with Gasteiger partial charge in [0.25, 0.3) is 5.91 Å². The number of rotatable bonds is 2. The summed E-state index contributed by atoms with van der Waals surface area (Å²) in [5.74, 6) is -2.44. The number of halogens is 4. The van der Waals surface area contributed by atoms with Crippen molar-refractivity contribution in [3.63, 3.8) is 0 Å². The molecule has 0 unspecified atom stereocenters. The minimum atomic E-state index is -0.863. The van der Waals surface area contributed by atoms with Crippen molar-refractivity contribution in [2.75, 3.05) is 5.32 Å². The highest BCUT2D eigenvalue weighted by Gasteiger charge is 2.15. The van der Waals surface area contributed by atoms with Crippen LogP contribution >= 0.6 is 23.2 Å². The Morgan fingerprint density at radius 2 is 1.68 bits per heavy atom. The Morgan fingerprint density at radius 3 is 2.26 bits per heavy atom. The van der Waals surface area contributed by atoms with Gasteiger partial charge >= 0.3 is 0 Å². The summed E-state index contributed by atoms with van der Waals surface area (Å²) in [6.07, 6.45) is 0. The number of hydrogen-bond donors (Lipinski definition) is 1. The van der Waals surface area contributed by atoms with E-state index < -0.39 is 23.2 Å². The van der Waals surface area contributed by atoms with Crippen LogP contribution in [-0.4, -0.2) is 5.91 Å². The lowest BCUT2D eigenvalue weighted by Crippen LogP contribution is -2.14. The predicted octanol–water partition coefficient (Wildman–Crippen LogP) is 4.52. The number of carbonyl (C=O) groups excluding carboxylic acids is 1. The van der Waals surface area contributed by atoms with Gasteiger partial charge in [0.15, 0.2) is 0 Å². The van der Waals surface area contributed by atoms with E-state index in [1.807, 2.05) is 0 Å². The molecule has 0 heterocycles. The standard InChI is InChI=1S/C13H7Cl2F2NO/c14-7-4-5-8(9(15)6-7)13(19)18-12-10(16)2-1-3-11(12)17/h1-6H,(H,18,19). The molecule has 0 fully saturated rings. The van der Waals surface area contributed by atoms with E-state index in [-0.39, 0.29) is 10.6 Å². The highest BCUT2D eigenvalue weighted by atomic mass is 35.5. The molecule has 0 saturated heterocycles. The SMILES string of the molecule is O=C(Nc1c(F)cccc1F)c1ccc(Cl)cc1Cl. The van der Waals surface area contributed by atoms with E-state index >= 15 is 0 Å². The zero-order valence-electron chi connectivity index (χ0n) is 9.38. The highest BCUT2D eigenvalue weighted by Crippen LogP contribution is 2.24. The lowest BCUT2D eigenvalue weighted by Gasteiger charge is -2.08. The summed E-state index contributed by atoms with van der Waals surface area (Å²) in [5, 5.41) is 2.60. The molecule has 0 atom stereocenters. The zero-order valence-corrected chi connectivity index (χ0v) is 10.9. The second kappa shape index (κ2) is 5.55. The summed E-state index contributed by atoms with van der Waals surface area (Å²) in [7, 11) is 0. The second-order valence-corrected chi connectivity index (χ2v) is 4.52. The van der Waals surface area contributed by atoms with Gasteiger partial charge in [0.2, 0.25) is 0 Å². The van der Waals surface area contributed by atoms with E-state index in [0.29, 0.717) is 5.02 Å². The Morgan fingerprint density at radius 1 is 1.05 bits per heavy atom. The first-order valence-corrected chi connectivity index (χ1v) is 5.95. The van der Waals surface area contributed by atoms with Crippen LogP contribution in [0.4, 0.5) is 14.5 Å². The van der Waals surface area contributed by atoms with E-state index in [1.165, 1.54) is 24.3 Å². The molecule has 6 heteroatoms. The molecule has 2 aromatic carbocycles. The van der Waals surface area contributed by atoms with Crippen LogP contribution < -0.4 is 5.32 Å². The quantitative estimate of drug-likeness (QED) is 0.868. The molecule has 0 aliphatic carbocycles. The third-order valence-electron chi connectivity index (χ3n) is 2.38. The second-order valence-electron chi connectivity index (χ2n) is 3.67. The van der Waals surface area contributed by atoms with Crippen LogP contribution in [0.25, 0.3) is 0 Å². The van der Waals surface area contributed by atoms with Gasteiger partial charge in [-0.25, -0.2) is 8.78 Å². The summed E-state index contributed by atoms with van der Waals surface area (Å²) in [6, 6.07) is 7.49. The molecule has 0 saturated carbocycles. The van der Waals surface area contributed by atoms with E-state index in [0.717, 1.165) is 12.1 Å². The fraction of sp³-hybridized carbons (Fsp3) is 0. The molecule has 98 valence electrons. The number of hydrogen-bond acceptors (Lipinski definition) is 1. The summed E-state index contributed by atoms with van der Waals surface area (Å²) >= 11 is 11.5. The molecule has 2 aromatic rings. The van der Waals surface area contributed by atoms with Crippen LogP contribution in [0.1, 0.15) is 10.4 Å². The Kier molecular flexibility index (Phi) is 4.02.